The summed E-state index contributed by atoms with van der Waals surface area (Å²) in [6, 6.07) is 16.9. The first-order valence-corrected chi connectivity index (χ1v) is 9.21. The standard InChI is InChI=1S/C23H22O2/c1-25-14-10-11-19-20(12-14)22(24)13-21-17-8-3-2-6-15(17)16-7-4-5-9-18(16)23(19)21/h4-5,7,9-13,15,17,24H,2-3,6,8H2,1H3. The van der Waals surface area contributed by atoms with Crippen molar-refractivity contribution in [3.63, 3.8) is 0 Å². The van der Waals surface area contributed by atoms with Crippen LogP contribution in [0.25, 0.3) is 21.9 Å². The number of hydrogen-bond acceptors (Lipinski definition) is 2. The Balaban J connectivity index is 1.87. The van der Waals surface area contributed by atoms with Crippen molar-refractivity contribution in [1.29, 1.82) is 0 Å². The van der Waals surface area contributed by atoms with E-state index >= 15 is 0 Å². The van der Waals surface area contributed by atoms with Gasteiger partial charge in [-0.25, -0.2) is 0 Å². The smallest absolute Gasteiger partial charge is 0.123 e. The van der Waals surface area contributed by atoms with Crippen LogP contribution in [0.2, 0.25) is 0 Å². The van der Waals surface area contributed by atoms with E-state index in [4.69, 9.17) is 4.74 Å². The van der Waals surface area contributed by atoms with Crippen molar-refractivity contribution >= 4 is 10.8 Å². The van der Waals surface area contributed by atoms with E-state index in [0.717, 1.165) is 16.5 Å². The summed E-state index contributed by atoms with van der Waals surface area (Å²) in [6.45, 7) is 0. The number of phenols is 1. The quantitative estimate of drug-likeness (QED) is 0.595. The van der Waals surface area contributed by atoms with Crippen molar-refractivity contribution in [3.05, 3.63) is 59.7 Å². The third kappa shape index (κ3) is 2.10. The minimum Gasteiger partial charge on any atom is -0.507 e. The molecule has 0 aliphatic heterocycles. The molecule has 1 fully saturated rings. The monoisotopic (exact) mass is 330 g/mol. The summed E-state index contributed by atoms with van der Waals surface area (Å²) in [4.78, 5) is 0. The molecule has 0 bridgehead atoms. The number of rotatable bonds is 1. The lowest BCUT2D eigenvalue weighted by atomic mass is 9.65. The van der Waals surface area contributed by atoms with Crippen LogP contribution in [0.15, 0.2) is 48.5 Å². The molecule has 0 spiro atoms. The summed E-state index contributed by atoms with van der Waals surface area (Å²) in [6.07, 6.45) is 5.06. The lowest BCUT2D eigenvalue weighted by Gasteiger charge is -2.39. The van der Waals surface area contributed by atoms with E-state index in [-0.39, 0.29) is 0 Å². The minimum absolute atomic E-state index is 0.372. The Morgan fingerprint density at radius 2 is 1.64 bits per heavy atom. The molecule has 126 valence electrons. The molecule has 1 N–H and O–H groups in total. The van der Waals surface area contributed by atoms with Gasteiger partial charge in [0.15, 0.2) is 0 Å². The zero-order valence-corrected chi connectivity index (χ0v) is 14.5. The van der Waals surface area contributed by atoms with Crippen molar-refractivity contribution < 1.29 is 9.84 Å². The molecule has 2 aliphatic carbocycles. The predicted octanol–water partition coefficient (Wildman–Crippen LogP) is 5.98. The number of phenolic OH excluding ortho intramolecular Hbond substituents is 1. The fourth-order valence-corrected chi connectivity index (χ4v) is 5.05. The van der Waals surface area contributed by atoms with Gasteiger partial charge in [-0.1, -0.05) is 37.1 Å². The molecule has 2 atom stereocenters. The summed E-state index contributed by atoms with van der Waals surface area (Å²) in [5.41, 5.74) is 5.48. The minimum atomic E-state index is 0.372. The lowest BCUT2D eigenvalue weighted by Crippen LogP contribution is -2.21. The molecule has 0 radical (unpaired) electrons. The zero-order valence-electron chi connectivity index (χ0n) is 14.5. The van der Waals surface area contributed by atoms with Crippen LogP contribution >= 0.6 is 0 Å². The summed E-state index contributed by atoms with van der Waals surface area (Å²) in [5.74, 6) is 2.27. The van der Waals surface area contributed by atoms with Gasteiger partial charge in [-0.05, 0) is 76.6 Å². The van der Waals surface area contributed by atoms with Gasteiger partial charge in [0.25, 0.3) is 0 Å². The molecule has 25 heavy (non-hydrogen) atoms. The number of ether oxygens (including phenoxy) is 1. The van der Waals surface area contributed by atoms with E-state index in [9.17, 15) is 5.11 Å². The molecular formula is C23H22O2. The Hall–Kier alpha value is -2.48. The zero-order chi connectivity index (χ0) is 17.0. The van der Waals surface area contributed by atoms with Gasteiger partial charge in [0.2, 0.25) is 0 Å². The molecule has 2 unspecified atom stereocenters. The second-order valence-electron chi connectivity index (χ2n) is 7.36. The van der Waals surface area contributed by atoms with E-state index in [0.29, 0.717) is 17.6 Å². The van der Waals surface area contributed by atoms with E-state index in [1.165, 1.54) is 47.9 Å². The Morgan fingerprint density at radius 3 is 2.44 bits per heavy atom. The van der Waals surface area contributed by atoms with E-state index in [1.54, 1.807) is 7.11 Å². The van der Waals surface area contributed by atoms with Crippen LogP contribution in [-0.4, -0.2) is 12.2 Å². The summed E-state index contributed by atoms with van der Waals surface area (Å²) < 4.78 is 5.37. The average molecular weight is 330 g/mol. The van der Waals surface area contributed by atoms with Crippen molar-refractivity contribution in [2.24, 2.45) is 0 Å². The van der Waals surface area contributed by atoms with Crippen molar-refractivity contribution in [1.82, 2.24) is 0 Å². The first-order valence-electron chi connectivity index (χ1n) is 9.21. The third-order valence-electron chi connectivity index (χ3n) is 6.15. The highest BCUT2D eigenvalue weighted by Crippen LogP contribution is 2.55. The second kappa shape index (κ2) is 5.52. The van der Waals surface area contributed by atoms with Gasteiger partial charge in [-0.2, -0.15) is 0 Å². The van der Waals surface area contributed by atoms with Gasteiger partial charge >= 0.3 is 0 Å². The first-order chi connectivity index (χ1) is 12.3. The number of hydrogen-bond donors (Lipinski definition) is 1. The molecular weight excluding hydrogens is 308 g/mol. The predicted molar refractivity (Wildman–Crippen MR) is 102 cm³/mol. The van der Waals surface area contributed by atoms with Crippen LogP contribution in [0.3, 0.4) is 0 Å². The number of aromatic hydroxyl groups is 1. The van der Waals surface area contributed by atoms with Gasteiger partial charge in [-0.15, -0.1) is 0 Å². The van der Waals surface area contributed by atoms with Crippen LogP contribution in [-0.2, 0) is 0 Å². The van der Waals surface area contributed by atoms with E-state index in [1.807, 2.05) is 18.2 Å². The summed E-state index contributed by atoms with van der Waals surface area (Å²) in [7, 11) is 1.67. The Kier molecular flexibility index (Phi) is 3.27. The van der Waals surface area contributed by atoms with Crippen molar-refractivity contribution in [2.75, 3.05) is 7.11 Å². The Bertz CT molecular complexity index is 973. The molecule has 2 nitrogen and oxygen atoms in total. The molecule has 0 amide bonds. The van der Waals surface area contributed by atoms with E-state index in [2.05, 4.69) is 30.3 Å². The maximum atomic E-state index is 10.7. The fourth-order valence-electron chi connectivity index (χ4n) is 5.05. The van der Waals surface area contributed by atoms with Crippen molar-refractivity contribution in [3.8, 4) is 22.6 Å². The second-order valence-corrected chi connectivity index (χ2v) is 7.36. The van der Waals surface area contributed by atoms with Crippen LogP contribution in [0.5, 0.6) is 11.5 Å². The summed E-state index contributed by atoms with van der Waals surface area (Å²) >= 11 is 0. The SMILES string of the molecule is COc1ccc2c3c(cc(O)c2c1)C1CCCCC1c1ccccc1-3. The van der Waals surface area contributed by atoms with Crippen LogP contribution < -0.4 is 4.74 Å². The van der Waals surface area contributed by atoms with Gasteiger partial charge in [-0.3, -0.25) is 0 Å². The Labute approximate surface area is 148 Å². The molecule has 5 rings (SSSR count). The Morgan fingerprint density at radius 1 is 0.880 bits per heavy atom. The molecule has 3 aromatic rings. The number of benzene rings is 3. The first kappa shape index (κ1) is 14.8. The topological polar surface area (TPSA) is 29.5 Å². The molecule has 1 saturated carbocycles. The molecule has 0 saturated heterocycles. The number of methoxy groups -OCH3 is 1. The average Bonchev–Trinajstić information content (AvgIpc) is 2.68. The maximum absolute atomic E-state index is 10.7. The lowest BCUT2D eigenvalue weighted by molar-refractivity contribution is 0.382. The highest BCUT2D eigenvalue weighted by Gasteiger charge is 2.36. The van der Waals surface area contributed by atoms with Crippen LogP contribution in [0, 0.1) is 0 Å². The van der Waals surface area contributed by atoms with E-state index < -0.39 is 0 Å². The molecule has 0 aromatic heterocycles. The van der Waals surface area contributed by atoms with Gasteiger partial charge < -0.3 is 9.84 Å². The molecule has 2 aliphatic rings. The van der Waals surface area contributed by atoms with Gasteiger partial charge in [0.1, 0.15) is 11.5 Å². The molecule has 2 heteroatoms. The normalized spacial score (nSPS) is 21.3. The van der Waals surface area contributed by atoms with Crippen LogP contribution in [0.4, 0.5) is 0 Å². The molecule has 3 aromatic carbocycles. The van der Waals surface area contributed by atoms with Gasteiger partial charge in [0.05, 0.1) is 7.11 Å². The summed E-state index contributed by atoms with van der Waals surface area (Å²) in [5, 5.41) is 12.7. The van der Waals surface area contributed by atoms with Crippen molar-refractivity contribution in [2.45, 2.75) is 37.5 Å². The van der Waals surface area contributed by atoms with Gasteiger partial charge in [0, 0.05) is 5.39 Å². The number of fused-ring (bicyclic) bond motifs is 8. The highest BCUT2D eigenvalue weighted by molar-refractivity contribution is 6.03. The highest BCUT2D eigenvalue weighted by atomic mass is 16.5. The van der Waals surface area contributed by atoms with Crippen LogP contribution in [0.1, 0.15) is 48.6 Å². The largest absolute Gasteiger partial charge is 0.507 e. The fraction of sp³-hybridized carbons (Fsp3) is 0.304. The maximum Gasteiger partial charge on any atom is 0.123 e. The third-order valence-corrected chi connectivity index (χ3v) is 6.15. The molecule has 0 heterocycles.